The van der Waals surface area contributed by atoms with Crippen LogP contribution in [-0.4, -0.2) is 31.4 Å². The normalized spacial score (nSPS) is 13.0. The SMILES string of the molecule is Cc1cccc(C)c1OCC(=O)O[C@H](C)C(=O)Nc1ccc2c(c1)OCO2. The van der Waals surface area contributed by atoms with Crippen LogP contribution in [0.5, 0.6) is 17.2 Å². The van der Waals surface area contributed by atoms with Crippen molar-refractivity contribution < 1.29 is 28.5 Å². The molecule has 0 aromatic heterocycles. The summed E-state index contributed by atoms with van der Waals surface area (Å²) in [7, 11) is 0. The number of carbonyl (C=O) groups is 2. The summed E-state index contributed by atoms with van der Waals surface area (Å²) >= 11 is 0. The largest absolute Gasteiger partial charge is 0.481 e. The lowest BCUT2D eigenvalue weighted by Crippen LogP contribution is -2.31. The highest BCUT2D eigenvalue weighted by Crippen LogP contribution is 2.34. The number of para-hydroxylation sites is 1. The van der Waals surface area contributed by atoms with E-state index in [0.29, 0.717) is 22.9 Å². The van der Waals surface area contributed by atoms with Crippen LogP contribution in [0.25, 0.3) is 0 Å². The Morgan fingerprint density at radius 3 is 2.56 bits per heavy atom. The zero-order chi connectivity index (χ0) is 19.4. The standard InChI is InChI=1S/C20H21NO6/c1-12-5-4-6-13(2)19(12)24-10-18(22)27-14(3)20(23)21-15-7-8-16-17(9-15)26-11-25-16/h4-9,14H,10-11H2,1-3H3,(H,21,23)/t14-/m1/s1. The molecule has 1 atom stereocenters. The summed E-state index contributed by atoms with van der Waals surface area (Å²) in [5, 5.41) is 2.68. The molecule has 7 nitrogen and oxygen atoms in total. The van der Waals surface area contributed by atoms with Crippen LogP contribution in [0.1, 0.15) is 18.1 Å². The highest BCUT2D eigenvalue weighted by molar-refractivity contribution is 5.95. The number of rotatable bonds is 6. The van der Waals surface area contributed by atoms with E-state index in [1.165, 1.54) is 6.92 Å². The smallest absolute Gasteiger partial charge is 0.344 e. The molecule has 1 heterocycles. The summed E-state index contributed by atoms with van der Waals surface area (Å²) < 4.78 is 21.2. The summed E-state index contributed by atoms with van der Waals surface area (Å²) in [4.78, 5) is 24.2. The lowest BCUT2D eigenvalue weighted by molar-refractivity contribution is -0.155. The van der Waals surface area contributed by atoms with Gasteiger partial charge in [-0.3, -0.25) is 4.79 Å². The van der Waals surface area contributed by atoms with Gasteiger partial charge in [-0.2, -0.15) is 0 Å². The zero-order valence-corrected chi connectivity index (χ0v) is 15.4. The maximum Gasteiger partial charge on any atom is 0.344 e. The third-order valence-electron chi connectivity index (χ3n) is 4.06. The Hall–Kier alpha value is -3.22. The van der Waals surface area contributed by atoms with Gasteiger partial charge in [0.25, 0.3) is 5.91 Å². The number of carbonyl (C=O) groups excluding carboxylic acids is 2. The van der Waals surface area contributed by atoms with E-state index in [0.717, 1.165) is 11.1 Å². The molecule has 27 heavy (non-hydrogen) atoms. The number of fused-ring (bicyclic) bond motifs is 1. The molecule has 2 aromatic carbocycles. The molecule has 2 aromatic rings. The van der Waals surface area contributed by atoms with Gasteiger partial charge in [0.1, 0.15) is 5.75 Å². The molecule has 7 heteroatoms. The Morgan fingerprint density at radius 2 is 1.81 bits per heavy atom. The lowest BCUT2D eigenvalue weighted by atomic mass is 10.1. The lowest BCUT2D eigenvalue weighted by Gasteiger charge is -2.15. The first-order valence-electron chi connectivity index (χ1n) is 8.53. The van der Waals surface area contributed by atoms with Crippen LogP contribution in [0.3, 0.4) is 0 Å². The molecule has 0 saturated carbocycles. The van der Waals surface area contributed by atoms with Crippen LogP contribution in [0.15, 0.2) is 36.4 Å². The number of anilines is 1. The van der Waals surface area contributed by atoms with Gasteiger partial charge < -0.3 is 24.3 Å². The van der Waals surface area contributed by atoms with Gasteiger partial charge in [0, 0.05) is 11.8 Å². The van der Waals surface area contributed by atoms with Gasteiger partial charge in [-0.15, -0.1) is 0 Å². The quantitative estimate of drug-likeness (QED) is 0.786. The van der Waals surface area contributed by atoms with Crippen LogP contribution >= 0.6 is 0 Å². The topological polar surface area (TPSA) is 83.1 Å². The average molecular weight is 371 g/mol. The van der Waals surface area contributed by atoms with Gasteiger partial charge in [-0.25, -0.2) is 4.79 Å². The summed E-state index contributed by atoms with van der Waals surface area (Å²) in [6.07, 6.45) is -0.968. The molecule has 0 unspecified atom stereocenters. The summed E-state index contributed by atoms with van der Waals surface area (Å²) in [5.74, 6) is 0.753. The minimum Gasteiger partial charge on any atom is -0.481 e. The third kappa shape index (κ3) is 4.49. The van der Waals surface area contributed by atoms with Crippen molar-refractivity contribution in [2.45, 2.75) is 26.9 Å². The van der Waals surface area contributed by atoms with Crippen molar-refractivity contribution >= 4 is 17.6 Å². The van der Waals surface area contributed by atoms with E-state index in [4.69, 9.17) is 18.9 Å². The molecule has 0 spiro atoms. The second kappa shape index (κ2) is 7.99. The Bertz CT molecular complexity index is 843. The molecule has 0 aliphatic carbocycles. The van der Waals surface area contributed by atoms with E-state index in [1.54, 1.807) is 18.2 Å². The Labute approximate surface area is 157 Å². The van der Waals surface area contributed by atoms with Crippen molar-refractivity contribution in [3.63, 3.8) is 0 Å². The summed E-state index contributed by atoms with van der Waals surface area (Å²) in [6.45, 7) is 5.18. The summed E-state index contributed by atoms with van der Waals surface area (Å²) in [5.41, 5.74) is 2.38. The van der Waals surface area contributed by atoms with Gasteiger partial charge >= 0.3 is 5.97 Å². The number of nitrogens with one attached hydrogen (secondary N) is 1. The second-order valence-electron chi connectivity index (χ2n) is 6.20. The Kier molecular flexibility index (Phi) is 5.49. The highest BCUT2D eigenvalue weighted by atomic mass is 16.7. The number of aryl methyl sites for hydroxylation is 2. The van der Waals surface area contributed by atoms with E-state index in [2.05, 4.69) is 5.32 Å². The Morgan fingerprint density at radius 1 is 1.11 bits per heavy atom. The third-order valence-corrected chi connectivity index (χ3v) is 4.06. The molecule has 0 radical (unpaired) electrons. The number of esters is 1. The summed E-state index contributed by atoms with van der Waals surface area (Å²) in [6, 6.07) is 10.7. The fraction of sp³-hybridized carbons (Fsp3) is 0.300. The van der Waals surface area contributed by atoms with Crippen molar-refractivity contribution in [3.8, 4) is 17.2 Å². The molecule has 1 aliphatic heterocycles. The van der Waals surface area contributed by atoms with Crippen LogP contribution in [-0.2, 0) is 14.3 Å². The molecule has 0 saturated heterocycles. The van der Waals surface area contributed by atoms with Gasteiger partial charge in [-0.1, -0.05) is 18.2 Å². The van der Waals surface area contributed by atoms with Crippen LogP contribution < -0.4 is 19.5 Å². The Balaban J connectivity index is 1.51. The van der Waals surface area contributed by atoms with E-state index in [9.17, 15) is 9.59 Å². The maximum absolute atomic E-state index is 12.2. The average Bonchev–Trinajstić information content (AvgIpc) is 3.09. The van der Waals surface area contributed by atoms with Crippen molar-refractivity contribution in [1.29, 1.82) is 0 Å². The molecule has 1 aliphatic rings. The molecule has 1 amide bonds. The number of amides is 1. The monoisotopic (exact) mass is 371 g/mol. The number of hydrogen-bond donors (Lipinski definition) is 1. The first-order valence-corrected chi connectivity index (χ1v) is 8.53. The van der Waals surface area contributed by atoms with Crippen molar-refractivity contribution in [2.24, 2.45) is 0 Å². The molecular weight excluding hydrogens is 350 g/mol. The maximum atomic E-state index is 12.2. The molecule has 3 rings (SSSR count). The van der Waals surface area contributed by atoms with E-state index in [1.807, 2.05) is 32.0 Å². The number of benzene rings is 2. The van der Waals surface area contributed by atoms with Gasteiger partial charge in [0.05, 0.1) is 0 Å². The first kappa shape index (κ1) is 18.6. The number of hydrogen-bond acceptors (Lipinski definition) is 6. The second-order valence-corrected chi connectivity index (χ2v) is 6.20. The van der Waals surface area contributed by atoms with Gasteiger partial charge in [0.15, 0.2) is 24.2 Å². The van der Waals surface area contributed by atoms with E-state index >= 15 is 0 Å². The highest BCUT2D eigenvalue weighted by Gasteiger charge is 2.20. The van der Waals surface area contributed by atoms with Crippen LogP contribution in [0.2, 0.25) is 0 Å². The van der Waals surface area contributed by atoms with Gasteiger partial charge in [0.2, 0.25) is 6.79 Å². The van der Waals surface area contributed by atoms with Crippen molar-refractivity contribution in [3.05, 3.63) is 47.5 Å². The van der Waals surface area contributed by atoms with Crippen LogP contribution in [0, 0.1) is 13.8 Å². The predicted molar refractivity (Wildman–Crippen MR) is 98.2 cm³/mol. The predicted octanol–water partition coefficient (Wildman–Crippen LogP) is 2.98. The molecule has 0 fully saturated rings. The van der Waals surface area contributed by atoms with Gasteiger partial charge in [-0.05, 0) is 44.0 Å². The van der Waals surface area contributed by atoms with Crippen molar-refractivity contribution in [1.82, 2.24) is 0 Å². The molecular formula is C20H21NO6. The fourth-order valence-corrected chi connectivity index (χ4v) is 2.66. The minimum atomic E-state index is -0.968. The molecule has 0 bridgehead atoms. The molecule has 1 N–H and O–H groups in total. The van der Waals surface area contributed by atoms with E-state index < -0.39 is 18.0 Å². The zero-order valence-electron chi connectivity index (χ0n) is 15.4. The first-order chi connectivity index (χ1) is 12.9. The minimum absolute atomic E-state index is 0.154. The van der Waals surface area contributed by atoms with Crippen LogP contribution in [0.4, 0.5) is 5.69 Å². The van der Waals surface area contributed by atoms with Crippen molar-refractivity contribution in [2.75, 3.05) is 18.7 Å². The number of ether oxygens (including phenoxy) is 4. The van der Waals surface area contributed by atoms with E-state index in [-0.39, 0.29) is 13.4 Å². The fourth-order valence-electron chi connectivity index (χ4n) is 2.66. The molecule has 142 valence electrons.